The predicted octanol–water partition coefficient (Wildman–Crippen LogP) is 1.74. The van der Waals surface area contributed by atoms with Gasteiger partial charge in [-0.3, -0.25) is 9.59 Å². The van der Waals surface area contributed by atoms with Crippen molar-refractivity contribution in [3.63, 3.8) is 0 Å². The lowest BCUT2D eigenvalue weighted by Crippen LogP contribution is -2.30. The zero-order valence-corrected chi connectivity index (χ0v) is 11.6. The molecule has 1 aromatic heterocycles. The van der Waals surface area contributed by atoms with E-state index in [0.29, 0.717) is 24.5 Å². The lowest BCUT2D eigenvalue weighted by Gasteiger charge is -2.09. The van der Waals surface area contributed by atoms with E-state index in [4.69, 9.17) is 4.74 Å². The molecule has 0 atom stereocenters. The van der Waals surface area contributed by atoms with E-state index in [1.54, 1.807) is 19.1 Å². The molecule has 0 fully saturated rings. The quantitative estimate of drug-likeness (QED) is 0.762. The van der Waals surface area contributed by atoms with Crippen LogP contribution in [-0.2, 0) is 4.79 Å². The average Bonchev–Trinajstić information content (AvgIpc) is 2.36. The first kappa shape index (κ1) is 15.1. The summed E-state index contributed by atoms with van der Waals surface area (Å²) in [5.74, 6) is 0.682. The van der Waals surface area contributed by atoms with Crippen LogP contribution in [0.4, 0.5) is 0 Å². The molecular formula is C14H20N2O3. The zero-order chi connectivity index (χ0) is 14.3. The molecule has 0 saturated heterocycles. The standard InChI is InChI=1S/C14H20N2O3/c1-10(2)6-7-15-14(18)9-19-13-5-4-11(3)16-12(13)8-17/h4-5,8,10H,6-7,9H2,1-3H3,(H,15,18). The van der Waals surface area contributed by atoms with Crippen molar-refractivity contribution >= 4 is 12.2 Å². The van der Waals surface area contributed by atoms with Crippen molar-refractivity contribution in [3.05, 3.63) is 23.5 Å². The summed E-state index contributed by atoms with van der Waals surface area (Å²) in [5, 5.41) is 2.76. The third kappa shape index (κ3) is 5.50. The lowest BCUT2D eigenvalue weighted by atomic mass is 10.1. The summed E-state index contributed by atoms with van der Waals surface area (Å²) < 4.78 is 5.30. The minimum Gasteiger partial charge on any atom is -0.481 e. The number of ether oxygens (including phenoxy) is 1. The normalized spacial score (nSPS) is 10.3. The van der Waals surface area contributed by atoms with Crippen LogP contribution in [0.25, 0.3) is 0 Å². The maximum Gasteiger partial charge on any atom is 0.257 e. The van der Waals surface area contributed by atoms with Gasteiger partial charge in [-0.1, -0.05) is 13.8 Å². The van der Waals surface area contributed by atoms with Gasteiger partial charge < -0.3 is 10.1 Å². The van der Waals surface area contributed by atoms with Crippen molar-refractivity contribution in [3.8, 4) is 5.75 Å². The third-order valence-electron chi connectivity index (χ3n) is 2.54. The van der Waals surface area contributed by atoms with Crippen molar-refractivity contribution in [2.24, 2.45) is 5.92 Å². The van der Waals surface area contributed by atoms with Gasteiger partial charge in [0.25, 0.3) is 5.91 Å². The van der Waals surface area contributed by atoms with Crippen LogP contribution in [0.15, 0.2) is 12.1 Å². The lowest BCUT2D eigenvalue weighted by molar-refractivity contribution is -0.123. The summed E-state index contributed by atoms with van der Waals surface area (Å²) in [6.45, 7) is 6.50. The Morgan fingerprint density at radius 2 is 2.21 bits per heavy atom. The highest BCUT2D eigenvalue weighted by atomic mass is 16.5. The summed E-state index contributed by atoms with van der Waals surface area (Å²) in [7, 11) is 0. The molecular weight excluding hydrogens is 244 g/mol. The van der Waals surface area contributed by atoms with Gasteiger partial charge in [0.05, 0.1) is 0 Å². The van der Waals surface area contributed by atoms with Crippen LogP contribution in [-0.4, -0.2) is 30.3 Å². The predicted molar refractivity (Wildman–Crippen MR) is 72.3 cm³/mol. The van der Waals surface area contributed by atoms with Crippen molar-refractivity contribution in [1.82, 2.24) is 10.3 Å². The number of hydrogen-bond acceptors (Lipinski definition) is 4. The van der Waals surface area contributed by atoms with Gasteiger partial charge in [-0.05, 0) is 31.4 Å². The fourth-order valence-electron chi connectivity index (χ4n) is 1.47. The van der Waals surface area contributed by atoms with Crippen molar-refractivity contribution in [1.29, 1.82) is 0 Å². The van der Waals surface area contributed by atoms with Crippen molar-refractivity contribution < 1.29 is 14.3 Å². The number of nitrogens with one attached hydrogen (secondary N) is 1. The zero-order valence-electron chi connectivity index (χ0n) is 11.6. The maximum atomic E-state index is 11.5. The molecule has 0 aliphatic carbocycles. The number of aldehydes is 1. The molecule has 0 bridgehead atoms. The number of amides is 1. The average molecular weight is 264 g/mol. The number of hydrogen-bond donors (Lipinski definition) is 1. The number of rotatable bonds is 7. The Morgan fingerprint density at radius 1 is 1.47 bits per heavy atom. The molecule has 1 amide bonds. The molecule has 5 heteroatoms. The summed E-state index contributed by atoms with van der Waals surface area (Å²) in [6, 6.07) is 3.38. The number of carbonyl (C=O) groups is 2. The molecule has 1 N–H and O–H groups in total. The number of aromatic nitrogens is 1. The Hall–Kier alpha value is -1.91. The van der Waals surface area contributed by atoms with Gasteiger partial charge in [0.2, 0.25) is 0 Å². The largest absolute Gasteiger partial charge is 0.481 e. The molecule has 0 aliphatic heterocycles. The number of nitrogens with zero attached hydrogens (tertiary/aromatic N) is 1. The molecule has 104 valence electrons. The second kappa shape index (κ2) is 7.51. The molecule has 1 heterocycles. The van der Waals surface area contributed by atoms with Crippen LogP contribution >= 0.6 is 0 Å². The van der Waals surface area contributed by atoms with E-state index < -0.39 is 0 Å². The summed E-state index contributed by atoms with van der Waals surface area (Å²) in [4.78, 5) is 26.4. The van der Waals surface area contributed by atoms with E-state index in [1.807, 2.05) is 0 Å². The second-order valence-corrected chi connectivity index (χ2v) is 4.78. The Kier molecular flexibility index (Phi) is 5.99. The van der Waals surface area contributed by atoms with Gasteiger partial charge in [0.1, 0.15) is 11.4 Å². The van der Waals surface area contributed by atoms with Crippen LogP contribution in [0.1, 0.15) is 36.5 Å². The molecule has 0 radical (unpaired) electrons. The van der Waals surface area contributed by atoms with E-state index in [9.17, 15) is 9.59 Å². The van der Waals surface area contributed by atoms with Crippen LogP contribution in [0, 0.1) is 12.8 Å². The molecule has 1 rings (SSSR count). The fraction of sp³-hybridized carbons (Fsp3) is 0.500. The topological polar surface area (TPSA) is 68.3 Å². The Labute approximate surface area is 113 Å². The Bertz CT molecular complexity index is 444. The van der Waals surface area contributed by atoms with E-state index in [-0.39, 0.29) is 18.2 Å². The molecule has 0 unspecified atom stereocenters. The number of aryl methyl sites for hydroxylation is 1. The molecule has 0 aromatic carbocycles. The van der Waals surface area contributed by atoms with Crippen molar-refractivity contribution in [2.75, 3.05) is 13.2 Å². The fourth-order valence-corrected chi connectivity index (χ4v) is 1.47. The SMILES string of the molecule is Cc1ccc(OCC(=O)NCCC(C)C)c(C=O)n1. The van der Waals surface area contributed by atoms with E-state index >= 15 is 0 Å². The van der Waals surface area contributed by atoms with Crippen molar-refractivity contribution in [2.45, 2.75) is 27.2 Å². The first-order chi connectivity index (χ1) is 9.02. The smallest absolute Gasteiger partial charge is 0.257 e. The molecule has 0 spiro atoms. The van der Waals surface area contributed by atoms with Crippen LogP contribution in [0.3, 0.4) is 0 Å². The van der Waals surface area contributed by atoms with E-state index in [0.717, 1.165) is 12.1 Å². The van der Waals surface area contributed by atoms with Crippen LogP contribution in [0.2, 0.25) is 0 Å². The Morgan fingerprint density at radius 3 is 2.84 bits per heavy atom. The highest BCUT2D eigenvalue weighted by molar-refractivity contribution is 5.79. The van der Waals surface area contributed by atoms with Crippen LogP contribution in [0.5, 0.6) is 5.75 Å². The third-order valence-corrected chi connectivity index (χ3v) is 2.54. The van der Waals surface area contributed by atoms with Gasteiger partial charge in [-0.25, -0.2) is 4.98 Å². The molecule has 19 heavy (non-hydrogen) atoms. The number of carbonyl (C=O) groups excluding carboxylic acids is 2. The van der Waals surface area contributed by atoms with Gasteiger partial charge in [-0.15, -0.1) is 0 Å². The van der Waals surface area contributed by atoms with Gasteiger partial charge in [0.15, 0.2) is 12.9 Å². The second-order valence-electron chi connectivity index (χ2n) is 4.78. The summed E-state index contributed by atoms with van der Waals surface area (Å²) in [6.07, 6.45) is 1.55. The van der Waals surface area contributed by atoms with E-state index in [2.05, 4.69) is 24.1 Å². The first-order valence-electron chi connectivity index (χ1n) is 6.35. The summed E-state index contributed by atoms with van der Waals surface area (Å²) in [5.41, 5.74) is 0.950. The highest BCUT2D eigenvalue weighted by Crippen LogP contribution is 2.14. The minimum atomic E-state index is -0.196. The maximum absolute atomic E-state index is 11.5. The Balaban J connectivity index is 2.44. The monoisotopic (exact) mass is 264 g/mol. The van der Waals surface area contributed by atoms with Gasteiger partial charge in [0, 0.05) is 12.2 Å². The first-order valence-corrected chi connectivity index (χ1v) is 6.35. The molecule has 5 nitrogen and oxygen atoms in total. The minimum absolute atomic E-state index is 0.107. The van der Waals surface area contributed by atoms with Crippen LogP contribution < -0.4 is 10.1 Å². The van der Waals surface area contributed by atoms with Gasteiger partial charge >= 0.3 is 0 Å². The summed E-state index contributed by atoms with van der Waals surface area (Å²) >= 11 is 0. The molecule has 0 aliphatic rings. The van der Waals surface area contributed by atoms with Gasteiger partial charge in [-0.2, -0.15) is 0 Å². The molecule has 0 saturated carbocycles. The number of pyridine rings is 1. The van der Waals surface area contributed by atoms with E-state index in [1.165, 1.54) is 0 Å². The highest BCUT2D eigenvalue weighted by Gasteiger charge is 2.08. The molecule has 1 aromatic rings.